The van der Waals surface area contributed by atoms with Crippen molar-refractivity contribution in [2.24, 2.45) is 0 Å². The molecule has 0 aliphatic carbocycles. The Morgan fingerprint density at radius 2 is 2.00 bits per heavy atom. The van der Waals surface area contributed by atoms with Crippen molar-refractivity contribution >= 4 is 69.5 Å². The summed E-state index contributed by atoms with van der Waals surface area (Å²) in [5, 5.41) is 0.906. The van der Waals surface area contributed by atoms with Crippen LogP contribution < -0.4 is 4.90 Å². The predicted molar refractivity (Wildman–Crippen MR) is 110 cm³/mol. The number of thiocarbonyl (C=S) groups is 1. The van der Waals surface area contributed by atoms with Crippen LogP contribution in [0, 0.1) is 0 Å². The zero-order valence-corrected chi connectivity index (χ0v) is 17.5. The molecule has 0 saturated carbocycles. The first kappa shape index (κ1) is 21.2. The number of amides is 1. The van der Waals surface area contributed by atoms with Crippen molar-refractivity contribution in [2.75, 3.05) is 33.8 Å². The molecule has 1 saturated heterocycles. The summed E-state index contributed by atoms with van der Waals surface area (Å²) in [6.45, 7) is 1.27. The number of esters is 1. The SMILES string of the molecule is C[NH+](C)CCOC(=O)CCN1C(=O)C(=Cc2c(Cl)cccc2Cl)SC1=S. The van der Waals surface area contributed by atoms with Crippen molar-refractivity contribution in [1.82, 2.24) is 4.90 Å². The Bertz CT molecular complexity index is 733. The minimum absolute atomic E-state index is 0.0926. The molecular weight excluding hydrogens is 415 g/mol. The lowest BCUT2D eigenvalue weighted by Crippen LogP contribution is -3.06. The standard InChI is InChI=1S/C17H18Cl2N2O3S2/c1-20(2)8-9-24-15(22)6-7-21-16(23)14(26-17(21)25)10-11-12(18)4-3-5-13(11)19/h3-5,10H,6-9H2,1-2H3/p+1. The van der Waals surface area contributed by atoms with E-state index in [0.29, 0.717) is 31.4 Å². The van der Waals surface area contributed by atoms with Crippen molar-refractivity contribution in [2.45, 2.75) is 6.42 Å². The molecule has 140 valence electrons. The van der Waals surface area contributed by atoms with E-state index in [4.69, 9.17) is 40.2 Å². The Morgan fingerprint density at radius 3 is 2.62 bits per heavy atom. The monoisotopic (exact) mass is 433 g/mol. The predicted octanol–water partition coefficient (Wildman–Crippen LogP) is 2.27. The summed E-state index contributed by atoms with van der Waals surface area (Å²) in [5.74, 6) is -0.611. The highest BCUT2D eigenvalue weighted by Gasteiger charge is 2.32. The minimum Gasteiger partial charge on any atom is -0.460 e. The summed E-state index contributed by atoms with van der Waals surface area (Å²) < 4.78 is 5.54. The van der Waals surface area contributed by atoms with Crippen molar-refractivity contribution in [3.8, 4) is 0 Å². The Kier molecular flexibility index (Phi) is 7.91. The van der Waals surface area contributed by atoms with Crippen molar-refractivity contribution in [3.05, 3.63) is 38.7 Å². The van der Waals surface area contributed by atoms with Gasteiger partial charge in [-0.2, -0.15) is 0 Å². The normalized spacial score (nSPS) is 16.0. The van der Waals surface area contributed by atoms with Crippen LogP contribution in [0.5, 0.6) is 0 Å². The number of carbonyl (C=O) groups is 2. The van der Waals surface area contributed by atoms with Gasteiger partial charge in [0.2, 0.25) is 0 Å². The summed E-state index contributed by atoms with van der Waals surface area (Å²) in [6, 6.07) is 5.13. The highest BCUT2D eigenvalue weighted by atomic mass is 35.5. The van der Waals surface area contributed by atoms with E-state index in [-0.39, 0.29) is 24.8 Å². The fourth-order valence-corrected chi connectivity index (χ4v) is 3.91. The molecule has 0 unspecified atom stereocenters. The number of likely N-dealkylation sites (N-methyl/N-ethyl adjacent to an activating group) is 1. The summed E-state index contributed by atoms with van der Waals surface area (Å²) in [7, 11) is 3.96. The number of rotatable bonds is 7. The van der Waals surface area contributed by atoms with Crippen LogP contribution in [0.1, 0.15) is 12.0 Å². The van der Waals surface area contributed by atoms with Gasteiger partial charge in [0.25, 0.3) is 5.91 Å². The van der Waals surface area contributed by atoms with E-state index in [1.807, 2.05) is 14.1 Å². The number of quaternary nitrogens is 1. The number of hydrogen-bond donors (Lipinski definition) is 1. The molecule has 0 spiro atoms. The van der Waals surface area contributed by atoms with Gasteiger partial charge in [-0.1, -0.05) is 53.2 Å². The third-order valence-electron chi connectivity index (χ3n) is 3.55. The van der Waals surface area contributed by atoms with E-state index in [1.165, 1.54) is 9.80 Å². The van der Waals surface area contributed by atoms with Crippen LogP contribution >= 0.6 is 47.2 Å². The average molecular weight is 434 g/mol. The third-order valence-corrected chi connectivity index (χ3v) is 5.59. The smallest absolute Gasteiger partial charge is 0.307 e. The minimum atomic E-state index is -0.349. The molecule has 1 aromatic rings. The van der Waals surface area contributed by atoms with Gasteiger partial charge in [0.05, 0.1) is 25.4 Å². The topological polar surface area (TPSA) is 51.1 Å². The second-order valence-electron chi connectivity index (χ2n) is 5.90. The lowest BCUT2D eigenvalue weighted by Gasteiger charge is -2.14. The van der Waals surface area contributed by atoms with Crippen molar-refractivity contribution in [3.63, 3.8) is 0 Å². The Hall–Kier alpha value is -1.12. The number of carbonyl (C=O) groups excluding carboxylic acids is 2. The quantitative estimate of drug-likeness (QED) is 0.406. The number of benzene rings is 1. The van der Waals surface area contributed by atoms with Gasteiger partial charge in [0, 0.05) is 22.2 Å². The summed E-state index contributed by atoms with van der Waals surface area (Å²) >= 11 is 18.7. The number of halogens is 2. The van der Waals surface area contributed by atoms with Crippen molar-refractivity contribution < 1.29 is 19.2 Å². The average Bonchev–Trinajstić information content (AvgIpc) is 2.82. The van der Waals surface area contributed by atoms with Gasteiger partial charge in [0.15, 0.2) is 0 Å². The maximum Gasteiger partial charge on any atom is 0.307 e. The molecule has 9 heteroatoms. The maximum absolute atomic E-state index is 12.6. The summed E-state index contributed by atoms with van der Waals surface area (Å²) in [6.07, 6.45) is 1.72. The highest BCUT2D eigenvalue weighted by molar-refractivity contribution is 8.26. The molecule has 0 atom stereocenters. The number of thioether (sulfide) groups is 1. The van der Waals surface area contributed by atoms with E-state index < -0.39 is 0 Å². The molecule has 1 aliphatic heterocycles. The largest absolute Gasteiger partial charge is 0.460 e. The van der Waals surface area contributed by atoms with E-state index in [1.54, 1.807) is 24.3 Å². The molecule has 0 radical (unpaired) electrons. The lowest BCUT2D eigenvalue weighted by atomic mass is 10.2. The van der Waals surface area contributed by atoms with Crippen molar-refractivity contribution in [1.29, 1.82) is 0 Å². The van der Waals surface area contributed by atoms with Crippen LogP contribution in [0.2, 0.25) is 10.0 Å². The Balaban J connectivity index is 1.98. The van der Waals surface area contributed by atoms with E-state index >= 15 is 0 Å². The number of ether oxygens (including phenoxy) is 1. The summed E-state index contributed by atoms with van der Waals surface area (Å²) in [4.78, 5) is 27.4. The number of nitrogens with one attached hydrogen (secondary N) is 1. The van der Waals surface area contributed by atoms with Gasteiger partial charge < -0.3 is 9.64 Å². The van der Waals surface area contributed by atoms with E-state index in [0.717, 1.165) is 18.3 Å². The second kappa shape index (κ2) is 9.71. The first-order valence-corrected chi connectivity index (χ1v) is 9.91. The fraction of sp³-hybridized carbons (Fsp3) is 0.353. The number of hydrogen-bond acceptors (Lipinski definition) is 5. The summed E-state index contributed by atoms with van der Waals surface area (Å²) in [5.41, 5.74) is 0.571. The molecule has 1 fully saturated rings. The molecule has 1 aromatic carbocycles. The molecule has 0 aromatic heterocycles. The number of nitrogens with zero attached hydrogens (tertiary/aromatic N) is 1. The Labute approximate surface area is 172 Å². The van der Waals surface area contributed by atoms with Gasteiger partial charge in [-0.05, 0) is 18.2 Å². The third kappa shape index (κ3) is 5.69. The zero-order valence-electron chi connectivity index (χ0n) is 14.4. The van der Waals surface area contributed by atoms with Crippen LogP contribution in [0.15, 0.2) is 23.1 Å². The fourth-order valence-electron chi connectivity index (χ4n) is 2.12. The van der Waals surface area contributed by atoms with Crippen LogP contribution in [0.25, 0.3) is 6.08 Å². The zero-order chi connectivity index (χ0) is 19.3. The Morgan fingerprint density at radius 1 is 1.35 bits per heavy atom. The van der Waals surface area contributed by atoms with Crippen LogP contribution in [-0.2, 0) is 14.3 Å². The second-order valence-corrected chi connectivity index (χ2v) is 8.39. The molecule has 0 bridgehead atoms. The van der Waals surface area contributed by atoms with Crippen LogP contribution in [0.4, 0.5) is 0 Å². The molecule has 1 N–H and O–H groups in total. The molecule has 1 aliphatic rings. The molecular formula is C17H19Cl2N2O3S2+. The van der Waals surface area contributed by atoms with Crippen LogP contribution in [0.3, 0.4) is 0 Å². The van der Waals surface area contributed by atoms with Gasteiger partial charge in [-0.15, -0.1) is 0 Å². The first-order chi connectivity index (χ1) is 12.3. The van der Waals surface area contributed by atoms with Gasteiger partial charge in [-0.25, -0.2) is 0 Å². The molecule has 26 heavy (non-hydrogen) atoms. The van der Waals surface area contributed by atoms with Crippen LogP contribution in [-0.4, -0.2) is 54.9 Å². The maximum atomic E-state index is 12.6. The highest BCUT2D eigenvalue weighted by Crippen LogP contribution is 2.35. The van der Waals surface area contributed by atoms with Gasteiger partial charge in [0.1, 0.15) is 17.5 Å². The van der Waals surface area contributed by atoms with Gasteiger partial charge >= 0.3 is 5.97 Å². The molecule has 2 rings (SSSR count). The molecule has 1 heterocycles. The lowest BCUT2D eigenvalue weighted by molar-refractivity contribution is -0.858. The van der Waals surface area contributed by atoms with Gasteiger partial charge in [-0.3, -0.25) is 14.5 Å². The molecule has 1 amide bonds. The molecule has 5 nitrogen and oxygen atoms in total. The van der Waals surface area contributed by atoms with E-state index in [2.05, 4.69) is 0 Å². The van der Waals surface area contributed by atoms with E-state index in [9.17, 15) is 9.59 Å². The first-order valence-electron chi connectivity index (χ1n) is 7.93.